The van der Waals surface area contributed by atoms with Gasteiger partial charge in [0.05, 0.1) is 13.2 Å². The Hall–Kier alpha value is -1.95. The standard InChI is InChI=1S/C29H39N3O2/c33-29-27(26-9-5-4-8-24(26)20-30-12-14-34-15-13-30)10-11-28-25-16-23(19-32(28)29)18-31(21-25)17-22-6-2-1-3-7-22/h4-5,8-11,22-23,25H,1-3,6-7,12-21H2/t23-,25+/m0/s1. The molecule has 4 aliphatic rings. The maximum atomic E-state index is 13.8. The summed E-state index contributed by atoms with van der Waals surface area (Å²) in [5.41, 5.74) is 4.69. The van der Waals surface area contributed by atoms with Crippen molar-refractivity contribution in [1.82, 2.24) is 14.4 Å². The van der Waals surface area contributed by atoms with E-state index in [1.54, 1.807) is 0 Å². The van der Waals surface area contributed by atoms with Crippen molar-refractivity contribution in [1.29, 1.82) is 0 Å². The molecule has 0 N–H and O–H groups in total. The minimum atomic E-state index is 0.211. The minimum absolute atomic E-state index is 0.211. The number of fused-ring (bicyclic) bond motifs is 4. The first-order chi connectivity index (χ1) is 16.7. The molecule has 2 bridgehead atoms. The van der Waals surface area contributed by atoms with E-state index in [4.69, 9.17) is 4.74 Å². The molecule has 1 aromatic heterocycles. The molecule has 1 aliphatic carbocycles. The van der Waals surface area contributed by atoms with Crippen LogP contribution >= 0.6 is 0 Å². The predicted molar refractivity (Wildman–Crippen MR) is 136 cm³/mol. The van der Waals surface area contributed by atoms with Gasteiger partial charge in [-0.15, -0.1) is 0 Å². The van der Waals surface area contributed by atoms with Crippen LogP contribution in [0.3, 0.4) is 0 Å². The molecule has 1 saturated carbocycles. The van der Waals surface area contributed by atoms with Crippen LogP contribution in [-0.4, -0.2) is 60.3 Å². The van der Waals surface area contributed by atoms with E-state index in [1.807, 2.05) is 0 Å². The molecular weight excluding hydrogens is 422 g/mol. The van der Waals surface area contributed by atoms with Crippen LogP contribution in [0.2, 0.25) is 0 Å². The smallest absolute Gasteiger partial charge is 0.258 e. The van der Waals surface area contributed by atoms with Crippen LogP contribution < -0.4 is 5.56 Å². The molecule has 2 aromatic rings. The third kappa shape index (κ3) is 4.62. The van der Waals surface area contributed by atoms with Crippen LogP contribution in [0.25, 0.3) is 11.1 Å². The lowest BCUT2D eigenvalue weighted by molar-refractivity contribution is 0.0342. The van der Waals surface area contributed by atoms with Crippen molar-refractivity contribution in [3.8, 4) is 11.1 Å². The van der Waals surface area contributed by atoms with E-state index in [0.29, 0.717) is 11.8 Å². The van der Waals surface area contributed by atoms with E-state index >= 15 is 0 Å². The van der Waals surface area contributed by atoms with Crippen LogP contribution in [-0.2, 0) is 17.8 Å². The highest BCUT2D eigenvalue weighted by molar-refractivity contribution is 5.66. The number of hydrogen-bond donors (Lipinski definition) is 0. The summed E-state index contributed by atoms with van der Waals surface area (Å²) in [5.74, 6) is 1.99. The van der Waals surface area contributed by atoms with Crippen LogP contribution in [0.4, 0.5) is 0 Å². The molecule has 5 nitrogen and oxygen atoms in total. The monoisotopic (exact) mass is 461 g/mol. The molecule has 0 radical (unpaired) electrons. The summed E-state index contributed by atoms with van der Waals surface area (Å²) in [6.45, 7) is 8.82. The first kappa shape index (κ1) is 22.5. The number of hydrogen-bond acceptors (Lipinski definition) is 4. The van der Waals surface area contributed by atoms with Crippen molar-refractivity contribution in [3.63, 3.8) is 0 Å². The fourth-order valence-corrected chi connectivity index (χ4v) is 7.05. The topological polar surface area (TPSA) is 37.7 Å². The van der Waals surface area contributed by atoms with Gasteiger partial charge in [-0.3, -0.25) is 9.69 Å². The number of piperidine rings is 1. The number of rotatable bonds is 5. The zero-order valence-corrected chi connectivity index (χ0v) is 20.5. The highest BCUT2D eigenvalue weighted by Crippen LogP contribution is 2.37. The first-order valence-electron chi connectivity index (χ1n) is 13.6. The van der Waals surface area contributed by atoms with Gasteiger partial charge in [0, 0.05) is 63.0 Å². The molecule has 6 rings (SSSR count). The van der Waals surface area contributed by atoms with E-state index in [1.165, 1.54) is 56.3 Å². The maximum Gasteiger partial charge on any atom is 0.258 e. The fraction of sp³-hybridized carbons (Fsp3) is 0.621. The lowest BCUT2D eigenvalue weighted by Gasteiger charge is -2.44. The molecule has 34 heavy (non-hydrogen) atoms. The number of morpholine rings is 1. The van der Waals surface area contributed by atoms with Crippen LogP contribution in [0, 0.1) is 11.8 Å². The molecule has 3 fully saturated rings. The number of benzene rings is 1. The molecular formula is C29H39N3O2. The first-order valence-corrected chi connectivity index (χ1v) is 13.6. The number of nitrogens with zero attached hydrogens (tertiary/aromatic N) is 3. The zero-order valence-electron chi connectivity index (χ0n) is 20.5. The second kappa shape index (κ2) is 9.96. The van der Waals surface area contributed by atoms with E-state index in [0.717, 1.165) is 69.5 Å². The van der Waals surface area contributed by atoms with E-state index in [2.05, 4.69) is 50.8 Å². The molecule has 0 amide bonds. The Kier molecular flexibility index (Phi) is 6.60. The van der Waals surface area contributed by atoms with Crippen molar-refractivity contribution in [3.05, 3.63) is 58.0 Å². The summed E-state index contributed by atoms with van der Waals surface area (Å²) in [5, 5.41) is 0. The number of likely N-dealkylation sites (tertiary alicyclic amines) is 1. The van der Waals surface area contributed by atoms with Gasteiger partial charge in [-0.05, 0) is 54.4 Å². The Labute approximate surface area is 203 Å². The SMILES string of the molecule is O=c1c(-c2ccccc2CN2CCOCC2)ccc2n1C[C@H]1C[C@@H]2CN(CC2CCCCC2)C1. The molecule has 0 spiro atoms. The summed E-state index contributed by atoms with van der Waals surface area (Å²) < 4.78 is 7.66. The maximum absolute atomic E-state index is 13.8. The largest absolute Gasteiger partial charge is 0.379 e. The van der Waals surface area contributed by atoms with Gasteiger partial charge in [0.1, 0.15) is 0 Å². The lowest BCUT2D eigenvalue weighted by Crippen LogP contribution is -2.48. The van der Waals surface area contributed by atoms with Gasteiger partial charge in [-0.25, -0.2) is 0 Å². The quantitative estimate of drug-likeness (QED) is 0.664. The van der Waals surface area contributed by atoms with Gasteiger partial charge in [0.2, 0.25) is 0 Å². The second-order valence-electron chi connectivity index (χ2n) is 11.2. The van der Waals surface area contributed by atoms with Gasteiger partial charge in [-0.2, -0.15) is 0 Å². The highest BCUT2D eigenvalue weighted by atomic mass is 16.5. The Morgan fingerprint density at radius 1 is 0.853 bits per heavy atom. The average Bonchev–Trinajstić information content (AvgIpc) is 2.87. The molecule has 3 aliphatic heterocycles. The molecule has 2 atom stereocenters. The van der Waals surface area contributed by atoms with E-state index < -0.39 is 0 Å². The Morgan fingerprint density at radius 2 is 1.68 bits per heavy atom. The second-order valence-corrected chi connectivity index (χ2v) is 11.2. The molecule has 4 heterocycles. The van der Waals surface area contributed by atoms with Gasteiger partial charge < -0.3 is 14.2 Å². The van der Waals surface area contributed by atoms with Crippen LogP contribution in [0.15, 0.2) is 41.2 Å². The van der Waals surface area contributed by atoms with Crippen molar-refractivity contribution >= 4 is 0 Å². The molecule has 1 aromatic carbocycles. The van der Waals surface area contributed by atoms with Crippen molar-refractivity contribution in [2.75, 3.05) is 45.9 Å². The fourth-order valence-electron chi connectivity index (χ4n) is 7.05. The van der Waals surface area contributed by atoms with Crippen molar-refractivity contribution < 1.29 is 4.74 Å². The minimum Gasteiger partial charge on any atom is -0.379 e. The third-order valence-corrected chi connectivity index (χ3v) is 8.73. The Balaban J connectivity index is 1.24. The summed E-state index contributed by atoms with van der Waals surface area (Å²) in [6.07, 6.45) is 8.33. The molecule has 2 saturated heterocycles. The van der Waals surface area contributed by atoms with Crippen molar-refractivity contribution in [2.24, 2.45) is 11.8 Å². The molecule has 182 valence electrons. The zero-order chi connectivity index (χ0) is 22.9. The normalized spacial score (nSPS) is 26.4. The van der Waals surface area contributed by atoms with Gasteiger partial charge >= 0.3 is 0 Å². The number of aromatic nitrogens is 1. The van der Waals surface area contributed by atoms with Crippen LogP contribution in [0.1, 0.15) is 55.7 Å². The third-order valence-electron chi connectivity index (χ3n) is 8.73. The number of ether oxygens (including phenoxy) is 1. The van der Waals surface area contributed by atoms with Gasteiger partial charge in [-0.1, -0.05) is 43.5 Å². The molecule has 0 unspecified atom stereocenters. The summed E-state index contributed by atoms with van der Waals surface area (Å²) in [6, 6.07) is 12.9. The highest BCUT2D eigenvalue weighted by Gasteiger charge is 2.35. The summed E-state index contributed by atoms with van der Waals surface area (Å²) in [4.78, 5) is 19.0. The van der Waals surface area contributed by atoms with Crippen molar-refractivity contribution in [2.45, 2.75) is 57.5 Å². The number of pyridine rings is 1. The lowest BCUT2D eigenvalue weighted by atomic mass is 9.81. The van der Waals surface area contributed by atoms with Gasteiger partial charge in [0.25, 0.3) is 5.56 Å². The van der Waals surface area contributed by atoms with E-state index in [9.17, 15) is 4.79 Å². The Bertz CT molecular complexity index is 1050. The summed E-state index contributed by atoms with van der Waals surface area (Å²) in [7, 11) is 0. The molecule has 5 heteroatoms. The Morgan fingerprint density at radius 3 is 2.53 bits per heavy atom. The van der Waals surface area contributed by atoms with Gasteiger partial charge in [0.15, 0.2) is 0 Å². The van der Waals surface area contributed by atoms with Crippen LogP contribution in [0.5, 0.6) is 0 Å². The predicted octanol–water partition coefficient (Wildman–Crippen LogP) is 4.35. The average molecular weight is 462 g/mol. The summed E-state index contributed by atoms with van der Waals surface area (Å²) >= 11 is 0. The van der Waals surface area contributed by atoms with E-state index in [-0.39, 0.29) is 5.56 Å².